The van der Waals surface area contributed by atoms with Gasteiger partial charge in [0.1, 0.15) is 10.7 Å². The van der Waals surface area contributed by atoms with Crippen molar-refractivity contribution in [3.63, 3.8) is 0 Å². The van der Waals surface area contributed by atoms with Crippen LogP contribution in [0.25, 0.3) is 5.76 Å². The first-order chi connectivity index (χ1) is 14.3. The van der Waals surface area contributed by atoms with E-state index in [4.69, 9.17) is 22.1 Å². The maximum Gasteiger partial charge on any atom is 0.388 e. The highest BCUT2D eigenvalue weighted by Gasteiger charge is 2.33. The van der Waals surface area contributed by atoms with Crippen molar-refractivity contribution in [2.45, 2.75) is 19.8 Å². The van der Waals surface area contributed by atoms with Gasteiger partial charge in [-0.2, -0.15) is 0 Å². The molecule has 1 amide bonds. The van der Waals surface area contributed by atoms with E-state index in [-0.39, 0.29) is 34.0 Å². The van der Waals surface area contributed by atoms with Gasteiger partial charge < -0.3 is 25.9 Å². The number of anilines is 2. The van der Waals surface area contributed by atoms with Gasteiger partial charge in [-0.05, 0) is 29.7 Å². The third-order valence-electron chi connectivity index (χ3n) is 4.53. The van der Waals surface area contributed by atoms with Crippen LogP contribution in [0.3, 0.4) is 0 Å². The number of rotatable bonds is 7. The summed E-state index contributed by atoms with van der Waals surface area (Å²) in [4.78, 5) is 36.7. The Morgan fingerprint density at radius 1 is 1.43 bits per heavy atom. The van der Waals surface area contributed by atoms with Crippen LogP contribution in [0.2, 0.25) is 5.02 Å². The second-order valence-electron chi connectivity index (χ2n) is 6.61. The fraction of sp³-hybridized carbons (Fsp3) is 0.333. The monoisotopic (exact) mass is 433 g/mol. The molecule has 3 rings (SSSR count). The van der Waals surface area contributed by atoms with E-state index in [1.54, 1.807) is 14.0 Å². The zero-order valence-corrected chi connectivity index (χ0v) is 17.3. The Bertz CT molecular complexity index is 1040. The number of carbonyl (C=O) groups is 1. The zero-order valence-electron chi connectivity index (χ0n) is 16.5. The van der Waals surface area contributed by atoms with E-state index in [0.717, 1.165) is 19.0 Å². The molecule has 1 saturated carbocycles. The van der Waals surface area contributed by atoms with Gasteiger partial charge in [-0.3, -0.25) is 9.69 Å². The molecule has 2 aromatic heterocycles. The number of nitrogens with two attached hydrogens (primary N) is 1. The lowest BCUT2D eigenvalue weighted by Crippen LogP contribution is -2.29. The molecule has 11 nitrogen and oxygen atoms in total. The van der Waals surface area contributed by atoms with Crippen LogP contribution >= 0.6 is 11.6 Å². The van der Waals surface area contributed by atoms with E-state index in [1.807, 2.05) is 0 Å². The number of aromatic nitrogens is 3. The Hall–Kier alpha value is -3.47. The Balaban J connectivity index is 1.88. The lowest BCUT2D eigenvalue weighted by atomic mass is 10.2. The first-order valence-electron chi connectivity index (χ1n) is 9.00. The fourth-order valence-electron chi connectivity index (χ4n) is 2.76. The molecular weight excluding hydrogens is 414 g/mol. The largest absolute Gasteiger partial charge is 0.448 e. The minimum absolute atomic E-state index is 0.00521. The van der Waals surface area contributed by atoms with E-state index >= 15 is 0 Å². The number of nitrogens with one attached hydrogen (secondary N) is 1. The van der Waals surface area contributed by atoms with Crippen LogP contribution < -0.4 is 20.7 Å². The van der Waals surface area contributed by atoms with Gasteiger partial charge in [0.05, 0.1) is 11.9 Å². The summed E-state index contributed by atoms with van der Waals surface area (Å²) in [5.74, 6) is 0.217. The SMILES string of the molecule is CNc1c([N+](=O)[O-])ncc(O/C(=C/N)c2ncc(N(C)C(=O)C3CC3)nc2C)c1Cl. The standard InChI is InChI=1S/C18H20ClN7O4/c1-9-15(22-8-13(24-9)25(3)18(27)10-4-5-10)11(6-20)30-12-7-23-17(26(28)29)16(21-2)14(12)19/h6-8,10,21H,4-5,20H2,1-3H3/b11-6+. The molecule has 2 heterocycles. The average Bonchev–Trinajstić information content (AvgIpc) is 3.57. The highest BCUT2D eigenvalue weighted by Crippen LogP contribution is 2.38. The van der Waals surface area contributed by atoms with Gasteiger partial charge in [0, 0.05) is 26.2 Å². The van der Waals surface area contributed by atoms with Gasteiger partial charge in [-0.25, -0.2) is 9.97 Å². The number of carbonyl (C=O) groups excluding carboxylic acids is 1. The number of hydrogen-bond acceptors (Lipinski definition) is 9. The normalized spacial score (nSPS) is 13.7. The molecule has 158 valence electrons. The number of aryl methyl sites for hydroxylation is 1. The molecule has 0 saturated heterocycles. The molecular formula is C18H20ClN7O4. The van der Waals surface area contributed by atoms with Crippen molar-refractivity contribution in [3.8, 4) is 5.75 Å². The molecule has 2 aromatic rings. The van der Waals surface area contributed by atoms with Crippen molar-refractivity contribution in [1.82, 2.24) is 15.0 Å². The third-order valence-corrected chi connectivity index (χ3v) is 4.90. The highest BCUT2D eigenvalue weighted by atomic mass is 35.5. The predicted octanol–water partition coefficient (Wildman–Crippen LogP) is 2.49. The molecule has 0 aliphatic heterocycles. The molecule has 0 unspecified atom stereocenters. The summed E-state index contributed by atoms with van der Waals surface area (Å²) in [6.45, 7) is 1.70. The molecule has 0 radical (unpaired) electrons. The van der Waals surface area contributed by atoms with E-state index in [2.05, 4.69) is 20.3 Å². The summed E-state index contributed by atoms with van der Waals surface area (Å²) in [6.07, 6.45) is 5.53. The Morgan fingerprint density at radius 2 is 2.13 bits per heavy atom. The van der Waals surface area contributed by atoms with Crippen LogP contribution in [0.15, 0.2) is 18.6 Å². The number of ether oxygens (including phenoxy) is 1. The van der Waals surface area contributed by atoms with Crippen molar-refractivity contribution >= 4 is 40.6 Å². The number of hydrogen-bond donors (Lipinski definition) is 2. The smallest absolute Gasteiger partial charge is 0.388 e. The topological polar surface area (TPSA) is 149 Å². The number of nitrogens with zero attached hydrogens (tertiary/aromatic N) is 5. The molecule has 0 aromatic carbocycles. The van der Waals surface area contributed by atoms with Crippen LogP contribution in [0.5, 0.6) is 5.75 Å². The molecule has 0 spiro atoms. The van der Waals surface area contributed by atoms with Crippen molar-refractivity contribution in [3.05, 3.63) is 45.1 Å². The average molecular weight is 434 g/mol. The van der Waals surface area contributed by atoms with Crippen molar-refractivity contribution in [1.29, 1.82) is 0 Å². The minimum Gasteiger partial charge on any atom is -0.448 e. The molecule has 12 heteroatoms. The van der Waals surface area contributed by atoms with Gasteiger partial charge in [0.15, 0.2) is 29.2 Å². The molecule has 3 N–H and O–H groups in total. The number of nitro groups is 1. The molecule has 1 aliphatic rings. The second-order valence-corrected chi connectivity index (χ2v) is 6.99. The van der Waals surface area contributed by atoms with Gasteiger partial charge in [-0.15, -0.1) is 0 Å². The van der Waals surface area contributed by atoms with E-state index < -0.39 is 10.7 Å². The lowest BCUT2D eigenvalue weighted by molar-refractivity contribution is -0.388. The molecule has 0 atom stereocenters. The number of pyridine rings is 1. The zero-order chi connectivity index (χ0) is 22.0. The van der Waals surface area contributed by atoms with Crippen LogP contribution in [0.4, 0.5) is 17.3 Å². The Morgan fingerprint density at radius 3 is 2.67 bits per heavy atom. The van der Waals surface area contributed by atoms with Gasteiger partial charge >= 0.3 is 5.82 Å². The first-order valence-corrected chi connectivity index (χ1v) is 9.38. The minimum atomic E-state index is -0.658. The van der Waals surface area contributed by atoms with Crippen LogP contribution in [0.1, 0.15) is 24.2 Å². The summed E-state index contributed by atoms with van der Waals surface area (Å²) in [5, 5.41) is 13.7. The molecule has 1 aliphatic carbocycles. The molecule has 1 fully saturated rings. The van der Waals surface area contributed by atoms with Gasteiger partial charge in [0.2, 0.25) is 5.91 Å². The number of halogens is 1. The van der Waals surface area contributed by atoms with Crippen LogP contribution in [-0.2, 0) is 4.79 Å². The summed E-state index contributed by atoms with van der Waals surface area (Å²) < 4.78 is 5.73. The Labute approximate surface area is 177 Å². The van der Waals surface area contributed by atoms with Gasteiger partial charge in [-0.1, -0.05) is 11.6 Å². The van der Waals surface area contributed by atoms with E-state index in [1.165, 1.54) is 24.3 Å². The maximum absolute atomic E-state index is 12.2. The third kappa shape index (κ3) is 4.10. The van der Waals surface area contributed by atoms with Crippen molar-refractivity contribution in [2.24, 2.45) is 11.7 Å². The first kappa shape index (κ1) is 21.2. The van der Waals surface area contributed by atoms with Crippen LogP contribution in [0, 0.1) is 23.0 Å². The highest BCUT2D eigenvalue weighted by molar-refractivity contribution is 6.35. The summed E-state index contributed by atoms with van der Waals surface area (Å²) >= 11 is 6.24. The molecule has 30 heavy (non-hydrogen) atoms. The molecule has 0 bridgehead atoms. The quantitative estimate of drug-likeness (QED) is 0.381. The summed E-state index contributed by atoms with van der Waals surface area (Å²) in [5.41, 5.74) is 6.52. The van der Waals surface area contributed by atoms with E-state index in [9.17, 15) is 14.9 Å². The summed E-state index contributed by atoms with van der Waals surface area (Å²) in [7, 11) is 3.13. The lowest BCUT2D eigenvalue weighted by Gasteiger charge is -2.18. The van der Waals surface area contributed by atoms with E-state index in [0.29, 0.717) is 17.2 Å². The van der Waals surface area contributed by atoms with Gasteiger partial charge in [0.25, 0.3) is 0 Å². The van der Waals surface area contributed by atoms with Crippen molar-refractivity contribution < 1.29 is 14.5 Å². The number of amides is 1. The summed E-state index contributed by atoms with van der Waals surface area (Å²) in [6, 6.07) is 0. The predicted molar refractivity (Wildman–Crippen MR) is 111 cm³/mol. The Kier molecular flexibility index (Phi) is 6.01. The van der Waals surface area contributed by atoms with Crippen molar-refractivity contribution in [2.75, 3.05) is 24.3 Å². The maximum atomic E-state index is 12.2. The fourth-order valence-corrected chi connectivity index (χ4v) is 3.03. The van der Waals surface area contributed by atoms with Crippen LogP contribution in [-0.4, -0.2) is 39.9 Å². The second kappa shape index (κ2) is 8.49.